The summed E-state index contributed by atoms with van der Waals surface area (Å²) in [7, 11) is 0. The Morgan fingerprint density at radius 1 is 0.784 bits per heavy atom. The number of fused-ring (bicyclic) bond motifs is 4. The number of nitrogens with zero attached hydrogens (tertiary/aromatic N) is 8. The number of likely N-dealkylation sites (tertiary alicyclic amines) is 2. The Balaban J connectivity index is 0.688. The highest BCUT2D eigenvalue weighted by molar-refractivity contribution is 6.25. The van der Waals surface area contributed by atoms with Crippen molar-refractivity contribution in [3.05, 3.63) is 106 Å². The number of hydrogen-bond donors (Lipinski definition) is 4. The second-order valence-electron chi connectivity index (χ2n) is 26.2. The second-order valence-corrected chi connectivity index (χ2v) is 26.2. The van der Waals surface area contributed by atoms with Gasteiger partial charge in [-0.2, -0.15) is 0 Å². The Hall–Kier alpha value is -8.33. The number of piperidine rings is 3. The first-order chi connectivity index (χ1) is 42.3. The molecule has 0 unspecified atom stereocenters. The number of imide groups is 2. The lowest BCUT2D eigenvalue weighted by atomic mass is 9.73. The highest BCUT2D eigenvalue weighted by Crippen LogP contribution is 2.53. The zero-order chi connectivity index (χ0) is 61.4. The van der Waals surface area contributed by atoms with Crippen LogP contribution in [-0.2, 0) is 29.4 Å². The molecular formula is C67H77FN12O8. The third kappa shape index (κ3) is 10.5. The van der Waals surface area contributed by atoms with Crippen LogP contribution in [-0.4, -0.2) is 151 Å². The summed E-state index contributed by atoms with van der Waals surface area (Å²) in [5, 5.41) is 11.9. The molecule has 21 heteroatoms. The number of carbonyl (C=O) groups excluding carboxylic acids is 8. The minimum atomic E-state index is -1.06. The number of benzene rings is 3. The van der Waals surface area contributed by atoms with Crippen LogP contribution in [0.15, 0.2) is 72.6 Å². The van der Waals surface area contributed by atoms with E-state index in [2.05, 4.69) is 43.2 Å². The first-order valence-electron chi connectivity index (χ1n) is 31.7. The Labute approximate surface area is 511 Å². The number of amides is 8. The van der Waals surface area contributed by atoms with Crippen LogP contribution in [0, 0.1) is 18.7 Å². The fourth-order valence-corrected chi connectivity index (χ4v) is 15.1. The lowest BCUT2D eigenvalue weighted by Crippen LogP contribution is -2.58. The van der Waals surface area contributed by atoms with Crippen LogP contribution in [0.2, 0.25) is 0 Å². The van der Waals surface area contributed by atoms with Crippen molar-refractivity contribution in [1.82, 2.24) is 44.8 Å². The van der Waals surface area contributed by atoms with Crippen molar-refractivity contribution in [2.24, 2.45) is 5.92 Å². The summed E-state index contributed by atoms with van der Waals surface area (Å²) in [6.07, 6.45) is 13.1. The van der Waals surface area contributed by atoms with Gasteiger partial charge in [0, 0.05) is 96.8 Å². The minimum absolute atomic E-state index is 0.00168. The van der Waals surface area contributed by atoms with E-state index in [0.29, 0.717) is 122 Å². The Morgan fingerprint density at radius 3 is 2.25 bits per heavy atom. The molecule has 88 heavy (non-hydrogen) atoms. The number of aryl methyl sites for hydroxylation is 1. The molecule has 5 aromatic rings. The van der Waals surface area contributed by atoms with Crippen LogP contribution >= 0.6 is 0 Å². The van der Waals surface area contributed by atoms with Crippen molar-refractivity contribution < 1.29 is 42.7 Å². The van der Waals surface area contributed by atoms with Gasteiger partial charge >= 0.3 is 0 Å². The Bertz CT molecular complexity index is 3750. The third-order valence-corrected chi connectivity index (χ3v) is 20.0. The summed E-state index contributed by atoms with van der Waals surface area (Å²) in [6, 6.07) is 15.2. The molecule has 0 bridgehead atoms. The van der Waals surface area contributed by atoms with Gasteiger partial charge in [-0.15, -0.1) is 0 Å². The fraction of sp³-hybridized carbons (Fsp3) is 0.493. The van der Waals surface area contributed by atoms with Crippen LogP contribution in [0.25, 0.3) is 22.3 Å². The quantitative estimate of drug-likeness (QED) is 0.0812. The van der Waals surface area contributed by atoms with Gasteiger partial charge in [0.25, 0.3) is 17.7 Å². The summed E-state index contributed by atoms with van der Waals surface area (Å²) in [5.74, 6) is -2.82. The molecule has 5 fully saturated rings. The van der Waals surface area contributed by atoms with Crippen LogP contribution in [0.1, 0.15) is 166 Å². The minimum Gasteiger partial charge on any atom is -0.382 e. The van der Waals surface area contributed by atoms with Crippen molar-refractivity contribution in [2.75, 3.05) is 54.8 Å². The maximum Gasteiger partial charge on any atom is 0.264 e. The lowest BCUT2D eigenvalue weighted by Gasteiger charge is -2.48. The number of aromatic nitrogens is 3. The summed E-state index contributed by atoms with van der Waals surface area (Å²) in [5.41, 5.74) is 6.22. The largest absolute Gasteiger partial charge is 0.382 e. The first-order valence-corrected chi connectivity index (χ1v) is 31.7. The van der Waals surface area contributed by atoms with Crippen molar-refractivity contribution in [3.8, 4) is 11.3 Å². The number of nitrogens with one attached hydrogen (secondary N) is 4. The van der Waals surface area contributed by atoms with Gasteiger partial charge in [0.2, 0.25) is 29.5 Å². The predicted octanol–water partition coefficient (Wildman–Crippen LogP) is 8.46. The van der Waals surface area contributed by atoms with Gasteiger partial charge in [-0.1, -0.05) is 30.7 Å². The SMILES string of the molecule is Cc1cc(F)c(Nc2nc(-c3ccc4c(c3)N(C3CC(N5CCCCC5)C3)C(=O)C43CCN(C(=O)C4=CCN(C(=O)C5CCC(Nc6cccc7c6C(=O)N([C@@H]6CCC(=O)NC6=O)C7=O)CC5)CC4)CC3)cc3ncn(C(C)C)c23)cc1C(=O)NC(C)C. The maximum atomic E-state index is 16.0. The molecule has 8 heterocycles. The molecule has 3 saturated heterocycles. The maximum absolute atomic E-state index is 16.0. The molecule has 2 aliphatic carbocycles. The van der Waals surface area contributed by atoms with E-state index in [1.807, 2.05) is 60.3 Å². The number of pyridine rings is 1. The number of halogens is 1. The topological polar surface area (TPSA) is 232 Å². The van der Waals surface area contributed by atoms with E-state index >= 15 is 9.18 Å². The Morgan fingerprint density at radius 2 is 1.55 bits per heavy atom. The van der Waals surface area contributed by atoms with E-state index in [1.54, 1.807) is 31.5 Å². The molecule has 0 radical (unpaired) electrons. The van der Waals surface area contributed by atoms with E-state index in [9.17, 15) is 33.6 Å². The molecule has 6 aliphatic heterocycles. The molecule has 4 N–H and O–H groups in total. The summed E-state index contributed by atoms with van der Waals surface area (Å²) >= 11 is 0. The van der Waals surface area contributed by atoms with E-state index in [0.717, 1.165) is 47.6 Å². The number of imidazole rings is 1. The van der Waals surface area contributed by atoms with Crippen molar-refractivity contribution in [3.63, 3.8) is 0 Å². The molecule has 460 valence electrons. The first kappa shape index (κ1) is 58.7. The highest BCUT2D eigenvalue weighted by Gasteiger charge is 2.56. The smallest absolute Gasteiger partial charge is 0.264 e. The zero-order valence-corrected chi connectivity index (χ0v) is 50.8. The highest BCUT2D eigenvalue weighted by atomic mass is 19.1. The van der Waals surface area contributed by atoms with Crippen LogP contribution < -0.4 is 26.2 Å². The van der Waals surface area contributed by atoms with Gasteiger partial charge in [0.15, 0.2) is 5.82 Å². The van der Waals surface area contributed by atoms with Crippen LogP contribution in [0.3, 0.4) is 0 Å². The van der Waals surface area contributed by atoms with Gasteiger partial charge in [-0.25, -0.2) is 14.4 Å². The van der Waals surface area contributed by atoms with Gasteiger partial charge < -0.3 is 40.1 Å². The van der Waals surface area contributed by atoms with E-state index in [4.69, 9.17) is 9.97 Å². The summed E-state index contributed by atoms with van der Waals surface area (Å²) in [6.45, 7) is 13.2. The number of carbonyl (C=O) groups is 8. The lowest BCUT2D eigenvalue weighted by molar-refractivity contribution is -0.137. The van der Waals surface area contributed by atoms with Gasteiger partial charge in [0.1, 0.15) is 17.4 Å². The fourth-order valence-electron chi connectivity index (χ4n) is 15.1. The molecule has 3 aromatic carbocycles. The van der Waals surface area contributed by atoms with E-state index in [1.165, 1.54) is 31.4 Å². The molecule has 8 aliphatic rings. The van der Waals surface area contributed by atoms with Gasteiger partial charge in [-0.3, -0.25) is 48.6 Å². The average molecular weight is 1200 g/mol. The molecule has 2 aromatic heterocycles. The zero-order valence-electron chi connectivity index (χ0n) is 50.8. The van der Waals surface area contributed by atoms with Crippen molar-refractivity contribution in [2.45, 2.75) is 166 Å². The molecule has 1 atom stereocenters. The van der Waals surface area contributed by atoms with Crippen molar-refractivity contribution in [1.29, 1.82) is 0 Å². The normalized spacial score (nSPS) is 23.8. The van der Waals surface area contributed by atoms with Crippen LogP contribution in [0.5, 0.6) is 0 Å². The van der Waals surface area contributed by atoms with Crippen LogP contribution in [0.4, 0.5) is 27.3 Å². The monoisotopic (exact) mass is 1200 g/mol. The number of rotatable bonds is 13. The standard InChI is InChI=1S/C67H77FN12O8/c1-37(2)70-60(82)47-34-52(49(68)30-39(47)5)73-59-58-53(69-36-78(58)38(3)4)35-51(72-59)42-14-17-48-55(31-42)79(45-32-44(33-45)75-24-7-6-8-25-75)66(88)67(48)22-28-77(29-23-67)63(85)41-20-26-76(27-21-41)62(84)40-12-15-43(16-13-40)71-50-11-9-10-46-57(50)65(87)80(64(46)86)54-18-19-56(81)74-61(54)83/h9-11,14,17,20,30-31,34-38,40,43-45,54,71H,6-8,12-13,15-16,18-19,21-29,32-33H2,1-5H3,(H,70,82)(H,72,73)(H,74,81,83)/t40?,43?,44?,45?,54-/m1/s1. The number of hydrogen-bond acceptors (Lipinski definition) is 13. The molecule has 2 saturated carbocycles. The molecule has 13 rings (SSSR count). The third-order valence-electron chi connectivity index (χ3n) is 20.0. The number of anilines is 4. The van der Waals surface area contributed by atoms with Gasteiger partial charge in [-0.05, 0) is 172 Å². The van der Waals surface area contributed by atoms with E-state index in [-0.39, 0.29) is 83.4 Å². The second kappa shape index (κ2) is 23.3. The van der Waals surface area contributed by atoms with E-state index < -0.39 is 40.9 Å². The average Bonchev–Trinajstić information content (AvgIpc) is 1.57. The van der Waals surface area contributed by atoms with Crippen molar-refractivity contribution >= 4 is 81.2 Å². The molecule has 8 amide bonds. The molecule has 1 spiro atoms. The summed E-state index contributed by atoms with van der Waals surface area (Å²) in [4.78, 5) is 128. The molecule has 20 nitrogen and oxygen atoms in total. The Kier molecular flexibility index (Phi) is 15.5. The van der Waals surface area contributed by atoms with Gasteiger partial charge in [0.05, 0.1) is 39.8 Å². The summed E-state index contributed by atoms with van der Waals surface area (Å²) < 4.78 is 18.0. The molecular weight excluding hydrogens is 1120 g/mol. The predicted molar refractivity (Wildman–Crippen MR) is 329 cm³/mol.